The van der Waals surface area contributed by atoms with Crippen molar-refractivity contribution in [2.24, 2.45) is 0 Å². The maximum atomic E-state index is 11.9. The second-order valence-electron chi connectivity index (χ2n) is 5.12. The maximum absolute atomic E-state index is 11.9. The summed E-state index contributed by atoms with van der Waals surface area (Å²) in [5.41, 5.74) is 1.95. The van der Waals surface area contributed by atoms with Crippen molar-refractivity contribution in [1.82, 2.24) is 5.32 Å². The van der Waals surface area contributed by atoms with Crippen LogP contribution in [0, 0.1) is 0 Å². The van der Waals surface area contributed by atoms with Crippen molar-refractivity contribution in [3.8, 4) is 11.5 Å². The standard InChI is InChI=1S/C19H20ClNO3/c1-23-17-8-6-15(13-18(17)24-2)7-9-19(22)21-11-10-14-4-3-5-16(20)12-14/h3-9,12-13H,10-11H2,1-2H3,(H,21,22). The molecule has 2 aromatic carbocycles. The van der Waals surface area contributed by atoms with E-state index in [1.807, 2.05) is 36.4 Å². The van der Waals surface area contributed by atoms with Crippen LogP contribution >= 0.6 is 11.6 Å². The summed E-state index contributed by atoms with van der Waals surface area (Å²) < 4.78 is 10.4. The normalized spacial score (nSPS) is 10.6. The maximum Gasteiger partial charge on any atom is 0.244 e. The quantitative estimate of drug-likeness (QED) is 0.778. The van der Waals surface area contributed by atoms with Gasteiger partial charge in [0.2, 0.25) is 5.91 Å². The van der Waals surface area contributed by atoms with Crippen LogP contribution in [0.25, 0.3) is 6.08 Å². The number of carbonyl (C=O) groups is 1. The molecular formula is C19H20ClNO3. The van der Waals surface area contributed by atoms with Gasteiger partial charge in [0.05, 0.1) is 14.2 Å². The Bertz CT molecular complexity index is 728. The van der Waals surface area contributed by atoms with E-state index >= 15 is 0 Å². The van der Waals surface area contributed by atoms with E-state index in [1.165, 1.54) is 6.08 Å². The molecule has 0 heterocycles. The summed E-state index contributed by atoms with van der Waals surface area (Å²) >= 11 is 5.93. The van der Waals surface area contributed by atoms with Crippen molar-refractivity contribution in [3.63, 3.8) is 0 Å². The third-order valence-electron chi connectivity index (χ3n) is 3.44. The van der Waals surface area contributed by atoms with Crippen LogP contribution in [0.1, 0.15) is 11.1 Å². The van der Waals surface area contributed by atoms with E-state index in [2.05, 4.69) is 5.32 Å². The van der Waals surface area contributed by atoms with Crippen LogP contribution < -0.4 is 14.8 Å². The SMILES string of the molecule is COc1ccc(C=CC(=O)NCCc2cccc(Cl)c2)cc1OC. The Morgan fingerprint density at radius 2 is 1.92 bits per heavy atom. The van der Waals surface area contributed by atoms with Crippen molar-refractivity contribution < 1.29 is 14.3 Å². The molecule has 4 nitrogen and oxygen atoms in total. The molecule has 0 atom stereocenters. The molecule has 0 bridgehead atoms. The first kappa shape index (κ1) is 17.9. The van der Waals surface area contributed by atoms with E-state index in [0.29, 0.717) is 23.1 Å². The van der Waals surface area contributed by atoms with Crippen LogP contribution in [-0.4, -0.2) is 26.7 Å². The summed E-state index contributed by atoms with van der Waals surface area (Å²) in [7, 11) is 3.16. The lowest BCUT2D eigenvalue weighted by Gasteiger charge is -2.07. The van der Waals surface area contributed by atoms with Crippen LogP contribution in [0.4, 0.5) is 0 Å². The third kappa shape index (κ3) is 5.32. The minimum absolute atomic E-state index is 0.146. The Hall–Kier alpha value is -2.46. The van der Waals surface area contributed by atoms with Gasteiger partial charge in [-0.1, -0.05) is 29.8 Å². The molecule has 1 amide bonds. The Labute approximate surface area is 147 Å². The Balaban J connectivity index is 1.86. The molecule has 1 N–H and O–H groups in total. The third-order valence-corrected chi connectivity index (χ3v) is 3.67. The van der Waals surface area contributed by atoms with Crippen molar-refractivity contribution in [3.05, 3.63) is 64.7 Å². The van der Waals surface area contributed by atoms with E-state index in [1.54, 1.807) is 26.4 Å². The topological polar surface area (TPSA) is 47.6 Å². The fourth-order valence-electron chi connectivity index (χ4n) is 2.21. The molecule has 2 rings (SSSR count). The Kier molecular flexibility index (Phi) is 6.70. The molecule has 0 aliphatic heterocycles. The molecule has 0 saturated heterocycles. The van der Waals surface area contributed by atoms with Crippen LogP contribution in [0.3, 0.4) is 0 Å². The molecule has 0 spiro atoms. The molecule has 0 aromatic heterocycles. The van der Waals surface area contributed by atoms with Gasteiger partial charge in [0.15, 0.2) is 11.5 Å². The van der Waals surface area contributed by atoms with Gasteiger partial charge in [0, 0.05) is 17.6 Å². The van der Waals surface area contributed by atoms with E-state index < -0.39 is 0 Å². The van der Waals surface area contributed by atoms with Crippen molar-refractivity contribution in [1.29, 1.82) is 0 Å². The highest BCUT2D eigenvalue weighted by molar-refractivity contribution is 6.30. The summed E-state index contributed by atoms with van der Waals surface area (Å²) in [5.74, 6) is 1.13. The number of hydrogen-bond donors (Lipinski definition) is 1. The summed E-state index contributed by atoms with van der Waals surface area (Å²) in [4.78, 5) is 11.9. The Morgan fingerprint density at radius 3 is 2.62 bits per heavy atom. The number of benzene rings is 2. The number of methoxy groups -OCH3 is 2. The fourth-order valence-corrected chi connectivity index (χ4v) is 2.42. The van der Waals surface area contributed by atoms with Gasteiger partial charge >= 0.3 is 0 Å². The summed E-state index contributed by atoms with van der Waals surface area (Å²) in [6.07, 6.45) is 3.96. The van der Waals surface area contributed by atoms with Crippen molar-refractivity contribution >= 4 is 23.6 Å². The first-order chi connectivity index (χ1) is 11.6. The van der Waals surface area contributed by atoms with E-state index in [9.17, 15) is 4.79 Å². The van der Waals surface area contributed by atoms with Gasteiger partial charge in [-0.15, -0.1) is 0 Å². The highest BCUT2D eigenvalue weighted by Crippen LogP contribution is 2.27. The predicted octanol–water partition coefficient (Wildman–Crippen LogP) is 3.73. The van der Waals surface area contributed by atoms with Gasteiger partial charge in [-0.05, 0) is 47.9 Å². The van der Waals surface area contributed by atoms with E-state index in [0.717, 1.165) is 17.5 Å². The average Bonchev–Trinajstić information content (AvgIpc) is 2.59. The molecule has 126 valence electrons. The highest BCUT2D eigenvalue weighted by Gasteiger charge is 2.03. The Morgan fingerprint density at radius 1 is 1.12 bits per heavy atom. The zero-order chi connectivity index (χ0) is 17.4. The number of nitrogens with one attached hydrogen (secondary N) is 1. The smallest absolute Gasteiger partial charge is 0.244 e. The molecule has 5 heteroatoms. The number of ether oxygens (including phenoxy) is 2. The van der Waals surface area contributed by atoms with Gasteiger partial charge in [-0.25, -0.2) is 0 Å². The number of carbonyl (C=O) groups excluding carboxylic acids is 1. The zero-order valence-electron chi connectivity index (χ0n) is 13.7. The van der Waals surface area contributed by atoms with Gasteiger partial charge in [0.25, 0.3) is 0 Å². The van der Waals surface area contributed by atoms with Crippen LogP contribution in [-0.2, 0) is 11.2 Å². The molecule has 0 aliphatic rings. The van der Waals surface area contributed by atoms with Crippen LogP contribution in [0.15, 0.2) is 48.5 Å². The lowest BCUT2D eigenvalue weighted by atomic mass is 10.1. The molecule has 0 unspecified atom stereocenters. The molecule has 0 radical (unpaired) electrons. The highest BCUT2D eigenvalue weighted by atomic mass is 35.5. The summed E-state index contributed by atoms with van der Waals surface area (Å²) in [5, 5.41) is 3.55. The molecule has 0 fully saturated rings. The number of halogens is 1. The fraction of sp³-hybridized carbons (Fsp3) is 0.211. The first-order valence-electron chi connectivity index (χ1n) is 7.55. The average molecular weight is 346 g/mol. The molecule has 0 saturated carbocycles. The lowest BCUT2D eigenvalue weighted by Crippen LogP contribution is -2.23. The first-order valence-corrected chi connectivity index (χ1v) is 7.92. The number of hydrogen-bond acceptors (Lipinski definition) is 3. The predicted molar refractivity (Wildman–Crippen MR) is 96.7 cm³/mol. The number of amides is 1. The summed E-state index contributed by atoms with van der Waals surface area (Å²) in [6, 6.07) is 13.1. The minimum atomic E-state index is -0.146. The zero-order valence-corrected chi connectivity index (χ0v) is 14.5. The van der Waals surface area contributed by atoms with E-state index in [4.69, 9.17) is 21.1 Å². The molecular weight excluding hydrogens is 326 g/mol. The van der Waals surface area contributed by atoms with Gasteiger partial charge < -0.3 is 14.8 Å². The molecule has 2 aromatic rings. The van der Waals surface area contributed by atoms with Crippen molar-refractivity contribution in [2.75, 3.05) is 20.8 Å². The van der Waals surface area contributed by atoms with Gasteiger partial charge in [-0.2, -0.15) is 0 Å². The lowest BCUT2D eigenvalue weighted by molar-refractivity contribution is -0.116. The second-order valence-corrected chi connectivity index (χ2v) is 5.56. The largest absolute Gasteiger partial charge is 0.493 e. The van der Waals surface area contributed by atoms with Crippen LogP contribution in [0.5, 0.6) is 11.5 Å². The molecule has 0 aliphatic carbocycles. The minimum Gasteiger partial charge on any atom is -0.493 e. The van der Waals surface area contributed by atoms with Gasteiger partial charge in [-0.3, -0.25) is 4.79 Å². The summed E-state index contributed by atoms with van der Waals surface area (Å²) in [6.45, 7) is 0.551. The number of rotatable bonds is 7. The van der Waals surface area contributed by atoms with Crippen LogP contribution in [0.2, 0.25) is 5.02 Å². The molecule has 24 heavy (non-hydrogen) atoms. The van der Waals surface area contributed by atoms with Crippen molar-refractivity contribution in [2.45, 2.75) is 6.42 Å². The van der Waals surface area contributed by atoms with Gasteiger partial charge in [0.1, 0.15) is 0 Å². The monoisotopic (exact) mass is 345 g/mol. The van der Waals surface area contributed by atoms with E-state index in [-0.39, 0.29) is 5.91 Å². The second kappa shape index (κ2) is 8.99.